The van der Waals surface area contributed by atoms with Crippen molar-refractivity contribution in [3.63, 3.8) is 0 Å². The van der Waals surface area contributed by atoms with Gasteiger partial charge < -0.3 is 19.6 Å². The summed E-state index contributed by atoms with van der Waals surface area (Å²) in [5.74, 6) is 2.40. The highest BCUT2D eigenvalue weighted by Gasteiger charge is 2.21. The third-order valence-corrected chi connectivity index (χ3v) is 6.92. The van der Waals surface area contributed by atoms with E-state index in [1.807, 2.05) is 26.2 Å². The zero-order valence-electron chi connectivity index (χ0n) is 22.5. The van der Waals surface area contributed by atoms with Gasteiger partial charge in [0.25, 0.3) is 0 Å². The van der Waals surface area contributed by atoms with E-state index in [2.05, 4.69) is 75.4 Å². The van der Waals surface area contributed by atoms with E-state index in [0.717, 1.165) is 95.6 Å². The molecule has 9 heteroatoms. The number of aryl methyl sites for hydroxylation is 3. The number of likely N-dealkylation sites (N-methyl/N-ethyl adjacent to an activating group) is 1. The summed E-state index contributed by atoms with van der Waals surface area (Å²) >= 11 is 0. The van der Waals surface area contributed by atoms with E-state index in [1.165, 1.54) is 0 Å². The number of piperazine rings is 1. The zero-order valence-corrected chi connectivity index (χ0v) is 22.5. The SMILES string of the molecule is Cc1cncc(CNc2nc(N3CCN(CCN(C)C)CC3)nc3ccc(-c4c(C)noc4C)cc23)c1. The maximum Gasteiger partial charge on any atom is 0.227 e. The first-order chi connectivity index (χ1) is 17.9. The van der Waals surface area contributed by atoms with Crippen molar-refractivity contribution in [2.24, 2.45) is 0 Å². The van der Waals surface area contributed by atoms with Crippen molar-refractivity contribution in [3.8, 4) is 11.1 Å². The van der Waals surface area contributed by atoms with Gasteiger partial charge in [-0.3, -0.25) is 9.88 Å². The van der Waals surface area contributed by atoms with E-state index in [-0.39, 0.29) is 0 Å². The average molecular weight is 501 g/mol. The summed E-state index contributed by atoms with van der Waals surface area (Å²) in [6.07, 6.45) is 3.77. The summed E-state index contributed by atoms with van der Waals surface area (Å²) in [6, 6.07) is 8.46. The van der Waals surface area contributed by atoms with Crippen molar-refractivity contribution in [2.45, 2.75) is 27.3 Å². The van der Waals surface area contributed by atoms with Crippen molar-refractivity contribution in [2.75, 3.05) is 63.6 Å². The molecule has 9 nitrogen and oxygen atoms in total. The third-order valence-electron chi connectivity index (χ3n) is 6.92. The molecule has 1 fully saturated rings. The van der Waals surface area contributed by atoms with Crippen LogP contribution >= 0.6 is 0 Å². The molecule has 0 unspecified atom stereocenters. The highest BCUT2D eigenvalue weighted by molar-refractivity contribution is 5.94. The third kappa shape index (κ3) is 5.73. The molecule has 0 bridgehead atoms. The van der Waals surface area contributed by atoms with Gasteiger partial charge in [-0.15, -0.1) is 0 Å². The molecule has 37 heavy (non-hydrogen) atoms. The highest BCUT2D eigenvalue weighted by atomic mass is 16.5. The number of benzene rings is 1. The van der Waals surface area contributed by atoms with Gasteiger partial charge in [-0.25, -0.2) is 4.98 Å². The first-order valence-corrected chi connectivity index (χ1v) is 12.9. The van der Waals surface area contributed by atoms with E-state index in [4.69, 9.17) is 14.5 Å². The van der Waals surface area contributed by atoms with E-state index in [0.29, 0.717) is 6.54 Å². The van der Waals surface area contributed by atoms with Crippen LogP contribution < -0.4 is 10.2 Å². The second-order valence-corrected chi connectivity index (χ2v) is 10.2. The Morgan fingerprint density at radius 2 is 1.81 bits per heavy atom. The Hall–Kier alpha value is -3.56. The molecule has 1 aromatic carbocycles. The maximum atomic E-state index is 5.43. The van der Waals surface area contributed by atoms with Crippen molar-refractivity contribution in [1.82, 2.24) is 29.9 Å². The normalized spacial score (nSPS) is 14.6. The Morgan fingerprint density at radius 3 is 2.51 bits per heavy atom. The molecule has 1 N–H and O–H groups in total. The molecular formula is C28H36N8O. The predicted octanol–water partition coefficient (Wildman–Crippen LogP) is 3.90. The second-order valence-electron chi connectivity index (χ2n) is 10.2. The Bertz CT molecular complexity index is 1350. The van der Waals surface area contributed by atoms with E-state index < -0.39 is 0 Å². The largest absolute Gasteiger partial charge is 0.365 e. The van der Waals surface area contributed by atoms with Gasteiger partial charge in [0.2, 0.25) is 5.95 Å². The van der Waals surface area contributed by atoms with Crippen LogP contribution in [0.25, 0.3) is 22.0 Å². The first-order valence-electron chi connectivity index (χ1n) is 12.9. The van der Waals surface area contributed by atoms with E-state index in [1.54, 1.807) is 0 Å². The highest BCUT2D eigenvalue weighted by Crippen LogP contribution is 2.32. The van der Waals surface area contributed by atoms with Crippen LogP contribution in [0, 0.1) is 20.8 Å². The van der Waals surface area contributed by atoms with Crippen LogP contribution in [0.1, 0.15) is 22.6 Å². The molecule has 4 aromatic rings. The lowest BCUT2D eigenvalue weighted by Gasteiger charge is -2.35. The number of fused-ring (bicyclic) bond motifs is 1. The van der Waals surface area contributed by atoms with Gasteiger partial charge in [0.05, 0.1) is 11.2 Å². The van der Waals surface area contributed by atoms with E-state index >= 15 is 0 Å². The van der Waals surface area contributed by atoms with Crippen LogP contribution in [0.4, 0.5) is 11.8 Å². The minimum atomic E-state index is 0.633. The molecule has 0 radical (unpaired) electrons. The molecule has 1 saturated heterocycles. The Morgan fingerprint density at radius 1 is 1.00 bits per heavy atom. The molecule has 4 heterocycles. The van der Waals surface area contributed by atoms with Crippen LogP contribution in [-0.4, -0.2) is 83.3 Å². The van der Waals surface area contributed by atoms with Crippen molar-refractivity contribution >= 4 is 22.7 Å². The van der Waals surface area contributed by atoms with Crippen molar-refractivity contribution in [3.05, 3.63) is 59.2 Å². The topological polar surface area (TPSA) is 86.5 Å². The number of aromatic nitrogens is 4. The molecule has 0 amide bonds. The smallest absolute Gasteiger partial charge is 0.227 e. The molecule has 0 spiro atoms. The molecule has 0 saturated carbocycles. The van der Waals surface area contributed by atoms with Crippen LogP contribution in [0.2, 0.25) is 0 Å². The van der Waals surface area contributed by atoms with Crippen LogP contribution in [-0.2, 0) is 6.54 Å². The molecule has 5 rings (SSSR count). The number of rotatable bonds is 8. The van der Waals surface area contributed by atoms with Gasteiger partial charge >= 0.3 is 0 Å². The predicted molar refractivity (Wildman–Crippen MR) is 148 cm³/mol. The van der Waals surface area contributed by atoms with Gasteiger partial charge in [-0.05, 0) is 63.7 Å². The molecule has 0 atom stereocenters. The van der Waals surface area contributed by atoms with Crippen LogP contribution in [0.3, 0.4) is 0 Å². The van der Waals surface area contributed by atoms with Gasteiger partial charge in [-0.2, -0.15) is 4.98 Å². The molecule has 0 aliphatic carbocycles. The van der Waals surface area contributed by atoms with Crippen molar-refractivity contribution < 1.29 is 4.52 Å². The van der Waals surface area contributed by atoms with Gasteiger partial charge in [-0.1, -0.05) is 17.3 Å². The fraction of sp³-hybridized carbons (Fsp3) is 0.429. The maximum absolute atomic E-state index is 5.43. The summed E-state index contributed by atoms with van der Waals surface area (Å²) < 4.78 is 5.43. The summed E-state index contributed by atoms with van der Waals surface area (Å²) in [4.78, 5) is 21.4. The standard InChI is InChI=1S/C28H36N8O/c1-19-14-22(17-29-16-19)18-30-27-24-15-23(26-20(2)33-37-21(26)3)6-7-25(24)31-28(32-27)36-12-10-35(11-13-36)9-8-34(4)5/h6-7,14-17H,8-13,18H2,1-5H3,(H,30,31,32). The van der Waals surface area contributed by atoms with Crippen LogP contribution in [0.15, 0.2) is 41.2 Å². The Balaban J connectivity index is 1.46. The summed E-state index contributed by atoms with van der Waals surface area (Å²) in [5, 5.41) is 8.70. The van der Waals surface area contributed by atoms with Crippen LogP contribution in [0.5, 0.6) is 0 Å². The lowest BCUT2D eigenvalue weighted by molar-refractivity contribution is 0.229. The number of hydrogen-bond acceptors (Lipinski definition) is 9. The quantitative estimate of drug-likeness (QED) is 0.387. The minimum Gasteiger partial charge on any atom is -0.365 e. The summed E-state index contributed by atoms with van der Waals surface area (Å²) in [6.45, 7) is 12.6. The lowest BCUT2D eigenvalue weighted by Crippen LogP contribution is -2.48. The Labute approximate surface area is 218 Å². The molecule has 1 aliphatic heterocycles. The number of nitrogens with one attached hydrogen (secondary N) is 1. The van der Waals surface area contributed by atoms with Crippen molar-refractivity contribution in [1.29, 1.82) is 0 Å². The lowest BCUT2D eigenvalue weighted by atomic mass is 10.0. The number of hydrogen-bond donors (Lipinski definition) is 1. The fourth-order valence-electron chi connectivity index (χ4n) is 4.86. The van der Waals surface area contributed by atoms with Gasteiger partial charge in [0.1, 0.15) is 11.6 Å². The molecular weight excluding hydrogens is 464 g/mol. The number of pyridine rings is 1. The number of nitrogens with zero attached hydrogens (tertiary/aromatic N) is 7. The first kappa shape index (κ1) is 25.1. The molecule has 194 valence electrons. The number of anilines is 2. The minimum absolute atomic E-state index is 0.633. The van der Waals surface area contributed by atoms with Gasteiger partial charge in [0, 0.05) is 69.2 Å². The molecule has 3 aromatic heterocycles. The monoisotopic (exact) mass is 500 g/mol. The zero-order chi connectivity index (χ0) is 25.9. The summed E-state index contributed by atoms with van der Waals surface area (Å²) in [5.41, 5.74) is 6.12. The fourth-order valence-corrected chi connectivity index (χ4v) is 4.86. The van der Waals surface area contributed by atoms with E-state index in [9.17, 15) is 0 Å². The summed E-state index contributed by atoms with van der Waals surface area (Å²) in [7, 11) is 4.25. The molecule has 1 aliphatic rings. The average Bonchev–Trinajstić information content (AvgIpc) is 3.23. The van der Waals surface area contributed by atoms with Gasteiger partial charge in [0.15, 0.2) is 0 Å². The Kier molecular flexibility index (Phi) is 7.34. The second kappa shape index (κ2) is 10.8.